The number of nitrogens with zero attached hydrogens (tertiary/aromatic N) is 1. The van der Waals surface area contributed by atoms with Crippen LogP contribution in [0.25, 0.3) is 0 Å². The van der Waals surface area contributed by atoms with Gasteiger partial charge >= 0.3 is 0 Å². The summed E-state index contributed by atoms with van der Waals surface area (Å²) in [5, 5.41) is 5.65. The van der Waals surface area contributed by atoms with Crippen LogP contribution in [0.5, 0.6) is 5.75 Å². The Labute approximate surface area is 110 Å². The number of carbonyl (C=O) groups excluding carboxylic acids is 1. The van der Waals surface area contributed by atoms with E-state index in [4.69, 9.17) is 4.74 Å². The molecule has 18 heavy (non-hydrogen) atoms. The Bertz CT molecular complexity index is 494. The summed E-state index contributed by atoms with van der Waals surface area (Å²) < 4.78 is 5.06. The van der Waals surface area contributed by atoms with E-state index in [1.54, 1.807) is 13.3 Å². The number of ether oxygens (including phenoxy) is 1. The van der Waals surface area contributed by atoms with E-state index >= 15 is 0 Å². The number of carbonyl (C=O) groups is 1. The number of nitrogens with one attached hydrogen (secondary N) is 1. The van der Waals surface area contributed by atoms with Gasteiger partial charge in [-0.1, -0.05) is 12.1 Å². The average Bonchev–Trinajstić information content (AvgIpc) is 2.90. The molecule has 1 heterocycles. The summed E-state index contributed by atoms with van der Waals surface area (Å²) in [7, 11) is 1.62. The number of rotatable bonds is 5. The van der Waals surface area contributed by atoms with Crippen molar-refractivity contribution >= 4 is 17.2 Å². The fraction of sp³-hybridized carbons (Fsp3) is 0.231. The molecule has 0 saturated heterocycles. The van der Waals surface area contributed by atoms with E-state index in [0.717, 1.165) is 16.3 Å². The highest BCUT2D eigenvalue weighted by molar-refractivity contribution is 7.09. The van der Waals surface area contributed by atoms with Gasteiger partial charge < -0.3 is 10.1 Å². The van der Waals surface area contributed by atoms with Crippen LogP contribution in [0.1, 0.15) is 10.6 Å². The van der Waals surface area contributed by atoms with E-state index in [-0.39, 0.29) is 5.91 Å². The summed E-state index contributed by atoms with van der Waals surface area (Å²) in [5.74, 6) is 0.789. The summed E-state index contributed by atoms with van der Waals surface area (Å²) >= 11 is 1.53. The van der Waals surface area contributed by atoms with Crippen LogP contribution in [0.15, 0.2) is 35.8 Å². The van der Waals surface area contributed by atoms with Gasteiger partial charge in [-0.3, -0.25) is 4.79 Å². The van der Waals surface area contributed by atoms with Gasteiger partial charge in [0.05, 0.1) is 20.1 Å². The molecule has 0 bridgehead atoms. The molecule has 1 amide bonds. The lowest BCUT2D eigenvalue weighted by atomic mass is 10.1. The van der Waals surface area contributed by atoms with E-state index < -0.39 is 0 Å². The van der Waals surface area contributed by atoms with Crippen LogP contribution in [0, 0.1) is 0 Å². The number of thiazole rings is 1. The normalized spacial score (nSPS) is 10.1. The molecule has 1 N–H and O–H groups in total. The van der Waals surface area contributed by atoms with Crippen LogP contribution in [0.2, 0.25) is 0 Å². The maximum atomic E-state index is 11.7. The zero-order valence-corrected chi connectivity index (χ0v) is 10.9. The first-order chi connectivity index (χ1) is 8.78. The van der Waals surface area contributed by atoms with Crippen molar-refractivity contribution in [2.24, 2.45) is 0 Å². The van der Waals surface area contributed by atoms with Gasteiger partial charge in [-0.15, -0.1) is 11.3 Å². The van der Waals surface area contributed by atoms with E-state index in [1.807, 2.05) is 29.6 Å². The Morgan fingerprint density at radius 2 is 2.17 bits per heavy atom. The Balaban J connectivity index is 1.83. The molecule has 0 aliphatic heterocycles. The van der Waals surface area contributed by atoms with Crippen LogP contribution in [-0.2, 0) is 17.8 Å². The van der Waals surface area contributed by atoms with Crippen LogP contribution in [-0.4, -0.2) is 18.0 Å². The minimum Gasteiger partial charge on any atom is -0.497 e. The fourth-order valence-electron chi connectivity index (χ4n) is 1.51. The van der Waals surface area contributed by atoms with Crippen molar-refractivity contribution in [1.82, 2.24) is 10.3 Å². The molecular weight excluding hydrogens is 248 g/mol. The lowest BCUT2D eigenvalue weighted by molar-refractivity contribution is -0.120. The van der Waals surface area contributed by atoms with Crippen LogP contribution in [0.3, 0.4) is 0 Å². The summed E-state index contributed by atoms with van der Waals surface area (Å²) in [6.07, 6.45) is 2.10. The lowest BCUT2D eigenvalue weighted by Gasteiger charge is -2.04. The number of hydrogen-bond donors (Lipinski definition) is 1. The molecule has 94 valence electrons. The number of benzene rings is 1. The summed E-state index contributed by atoms with van der Waals surface area (Å²) in [6, 6.07) is 7.48. The molecule has 0 unspecified atom stereocenters. The molecule has 4 nitrogen and oxygen atoms in total. The molecule has 0 saturated carbocycles. The van der Waals surface area contributed by atoms with E-state index in [2.05, 4.69) is 10.3 Å². The fourth-order valence-corrected chi connectivity index (χ4v) is 2.06. The third-order valence-corrected chi connectivity index (χ3v) is 3.22. The van der Waals surface area contributed by atoms with Crippen LogP contribution < -0.4 is 10.1 Å². The first-order valence-electron chi connectivity index (χ1n) is 5.56. The second kappa shape index (κ2) is 6.16. The lowest BCUT2D eigenvalue weighted by Crippen LogP contribution is -2.24. The monoisotopic (exact) mass is 262 g/mol. The van der Waals surface area contributed by atoms with Gasteiger partial charge in [0.15, 0.2) is 0 Å². The highest BCUT2D eigenvalue weighted by Crippen LogP contribution is 2.11. The van der Waals surface area contributed by atoms with Crippen molar-refractivity contribution in [3.8, 4) is 5.75 Å². The molecule has 2 rings (SSSR count). The zero-order valence-electron chi connectivity index (χ0n) is 10.1. The van der Waals surface area contributed by atoms with Crippen molar-refractivity contribution in [2.45, 2.75) is 13.0 Å². The second-order valence-corrected chi connectivity index (χ2v) is 4.71. The predicted octanol–water partition coefficient (Wildman–Crippen LogP) is 2.01. The van der Waals surface area contributed by atoms with Gasteiger partial charge in [-0.05, 0) is 17.7 Å². The summed E-state index contributed by atoms with van der Waals surface area (Å²) in [5.41, 5.74) is 0.965. The van der Waals surface area contributed by atoms with E-state index in [1.165, 1.54) is 11.3 Å². The van der Waals surface area contributed by atoms with Crippen LogP contribution >= 0.6 is 11.3 Å². The molecular formula is C13H14N2O2S. The van der Waals surface area contributed by atoms with Crippen molar-refractivity contribution < 1.29 is 9.53 Å². The van der Waals surface area contributed by atoms with Gasteiger partial charge in [0.1, 0.15) is 10.8 Å². The Hall–Kier alpha value is -1.88. The number of aromatic nitrogens is 1. The molecule has 0 aliphatic rings. The quantitative estimate of drug-likeness (QED) is 0.896. The third kappa shape index (κ3) is 3.56. The number of amides is 1. The van der Waals surface area contributed by atoms with E-state index in [0.29, 0.717) is 13.0 Å². The molecule has 0 fully saturated rings. The first-order valence-corrected chi connectivity index (χ1v) is 6.44. The Kier molecular flexibility index (Phi) is 4.30. The average molecular weight is 262 g/mol. The third-order valence-electron chi connectivity index (χ3n) is 2.44. The highest BCUT2D eigenvalue weighted by atomic mass is 32.1. The summed E-state index contributed by atoms with van der Waals surface area (Å²) in [6.45, 7) is 0.493. The molecule has 0 aliphatic carbocycles. The predicted molar refractivity (Wildman–Crippen MR) is 70.7 cm³/mol. The van der Waals surface area contributed by atoms with Crippen LogP contribution in [0.4, 0.5) is 0 Å². The standard InChI is InChI=1S/C13H14N2O2S/c1-17-11-4-2-10(3-5-11)8-12(16)15-9-13-14-6-7-18-13/h2-7H,8-9H2,1H3,(H,15,16). The minimum atomic E-state index is -0.00429. The molecule has 0 atom stereocenters. The first kappa shape index (κ1) is 12.6. The Morgan fingerprint density at radius 3 is 2.78 bits per heavy atom. The zero-order chi connectivity index (χ0) is 12.8. The van der Waals surface area contributed by atoms with Crippen molar-refractivity contribution in [3.05, 3.63) is 46.4 Å². The molecule has 5 heteroatoms. The van der Waals surface area contributed by atoms with Gasteiger partial charge in [-0.2, -0.15) is 0 Å². The highest BCUT2D eigenvalue weighted by Gasteiger charge is 2.04. The molecule has 0 radical (unpaired) electrons. The number of hydrogen-bond acceptors (Lipinski definition) is 4. The SMILES string of the molecule is COc1ccc(CC(=O)NCc2nccs2)cc1. The molecule has 2 aromatic rings. The second-order valence-electron chi connectivity index (χ2n) is 3.73. The van der Waals surface area contributed by atoms with Crippen molar-refractivity contribution in [1.29, 1.82) is 0 Å². The topological polar surface area (TPSA) is 51.2 Å². The minimum absolute atomic E-state index is 0.00429. The Morgan fingerprint density at radius 1 is 1.39 bits per heavy atom. The van der Waals surface area contributed by atoms with Crippen molar-refractivity contribution in [3.63, 3.8) is 0 Å². The molecule has 1 aromatic carbocycles. The maximum Gasteiger partial charge on any atom is 0.224 e. The van der Waals surface area contributed by atoms with Gasteiger partial charge in [0.2, 0.25) is 5.91 Å². The van der Waals surface area contributed by atoms with Gasteiger partial charge in [0, 0.05) is 11.6 Å². The van der Waals surface area contributed by atoms with Gasteiger partial charge in [-0.25, -0.2) is 4.98 Å². The van der Waals surface area contributed by atoms with Crippen molar-refractivity contribution in [2.75, 3.05) is 7.11 Å². The number of methoxy groups -OCH3 is 1. The summed E-state index contributed by atoms with van der Waals surface area (Å²) in [4.78, 5) is 15.8. The smallest absolute Gasteiger partial charge is 0.224 e. The largest absolute Gasteiger partial charge is 0.497 e. The van der Waals surface area contributed by atoms with Gasteiger partial charge in [0.25, 0.3) is 0 Å². The van der Waals surface area contributed by atoms with E-state index in [9.17, 15) is 4.79 Å². The molecule has 0 spiro atoms. The maximum absolute atomic E-state index is 11.7. The molecule has 1 aromatic heterocycles.